The third kappa shape index (κ3) is 9.00. The van der Waals surface area contributed by atoms with Crippen LogP contribution in [0.25, 0.3) is 0 Å². The van der Waals surface area contributed by atoms with Crippen LogP contribution in [0.5, 0.6) is 0 Å². The fourth-order valence-corrected chi connectivity index (χ4v) is 0.955. The maximum absolute atomic E-state index is 11.2. The molecule has 2 atom stereocenters. The lowest BCUT2D eigenvalue weighted by atomic mass is 10.3. The smallest absolute Gasteiger partial charge is 0.306 e. The van der Waals surface area contributed by atoms with Gasteiger partial charge < -0.3 is 25.4 Å². The van der Waals surface area contributed by atoms with E-state index in [2.05, 4.69) is 21.2 Å². The van der Waals surface area contributed by atoms with E-state index in [0.29, 0.717) is 0 Å². The Labute approximate surface area is 115 Å². The van der Waals surface area contributed by atoms with Gasteiger partial charge in [0, 0.05) is 0 Å². The molecule has 0 saturated heterocycles. The predicted molar refractivity (Wildman–Crippen MR) is 67.6 cm³/mol. The minimum absolute atomic E-state index is 0.231. The van der Waals surface area contributed by atoms with Gasteiger partial charge in [-0.1, -0.05) is 11.8 Å². The van der Waals surface area contributed by atoms with Crippen LogP contribution >= 0.6 is 0 Å². The highest BCUT2D eigenvalue weighted by Crippen LogP contribution is 1.99. The van der Waals surface area contributed by atoms with E-state index in [0.717, 1.165) is 0 Å². The Hall–Kier alpha value is -2.00. The van der Waals surface area contributed by atoms with Crippen LogP contribution in [-0.2, 0) is 19.1 Å². The van der Waals surface area contributed by atoms with Crippen molar-refractivity contribution in [1.82, 2.24) is 0 Å². The summed E-state index contributed by atoms with van der Waals surface area (Å²) >= 11 is 0. The molecule has 0 spiro atoms. The van der Waals surface area contributed by atoms with Crippen molar-refractivity contribution in [3.8, 4) is 0 Å². The van der Waals surface area contributed by atoms with E-state index in [1.54, 1.807) is 0 Å². The average molecular weight is 290 g/mol. The van der Waals surface area contributed by atoms with Gasteiger partial charge in [0.25, 0.3) is 0 Å². The maximum atomic E-state index is 11.2. The lowest BCUT2D eigenvalue weighted by Gasteiger charge is -2.11. The molecular weight excluding hydrogens is 272 g/mol. The average Bonchev–Trinajstić information content (AvgIpc) is 2.40. The summed E-state index contributed by atoms with van der Waals surface area (Å²) in [6.07, 6.45) is -1.63. The second-order valence-electron chi connectivity index (χ2n) is 3.93. The molecule has 114 valence electrons. The Morgan fingerprint density at radius 3 is 2.15 bits per heavy atom. The van der Waals surface area contributed by atoms with Crippen molar-refractivity contribution in [1.29, 1.82) is 0 Å². The van der Waals surface area contributed by atoms with E-state index in [1.807, 2.05) is 0 Å². The summed E-state index contributed by atoms with van der Waals surface area (Å²) in [7, 11) is 0. The molecule has 0 fully saturated rings. The second-order valence-corrected chi connectivity index (χ2v) is 3.93. The molecule has 0 bridgehead atoms. The fourth-order valence-electron chi connectivity index (χ4n) is 0.955. The van der Waals surface area contributed by atoms with Crippen molar-refractivity contribution in [2.24, 2.45) is 10.9 Å². The van der Waals surface area contributed by atoms with Crippen molar-refractivity contribution >= 4 is 11.9 Å². The Balaban J connectivity index is 3.75. The van der Waals surface area contributed by atoms with Gasteiger partial charge in [0.1, 0.15) is 31.6 Å². The van der Waals surface area contributed by atoms with Crippen molar-refractivity contribution in [2.75, 3.05) is 19.8 Å². The Morgan fingerprint density at radius 1 is 1.20 bits per heavy atom. The first-order valence-electron chi connectivity index (χ1n) is 5.78. The zero-order valence-corrected chi connectivity index (χ0v) is 10.9. The number of esters is 2. The number of aliphatic hydroxyl groups excluding tert-OH is 2. The van der Waals surface area contributed by atoms with E-state index >= 15 is 0 Å². The van der Waals surface area contributed by atoms with Gasteiger partial charge in [-0.15, -0.1) is 0 Å². The number of carbonyl (C=O) groups is 2. The van der Waals surface area contributed by atoms with Gasteiger partial charge in [-0.3, -0.25) is 9.59 Å². The summed E-state index contributed by atoms with van der Waals surface area (Å²) in [5.74, 6) is -1.72. The molecule has 0 aliphatic carbocycles. The summed E-state index contributed by atoms with van der Waals surface area (Å²) in [6, 6.07) is -0.878. The number of hydrogen-bond donors (Lipinski definition) is 3. The van der Waals surface area contributed by atoms with Crippen molar-refractivity contribution in [2.45, 2.75) is 25.0 Å². The molecule has 0 radical (unpaired) electrons. The summed E-state index contributed by atoms with van der Waals surface area (Å²) in [5, 5.41) is 20.4. The van der Waals surface area contributed by atoms with Gasteiger partial charge >= 0.3 is 11.9 Å². The summed E-state index contributed by atoms with van der Waals surface area (Å²) in [5.41, 5.74) is 5.35. The first-order chi connectivity index (χ1) is 9.36. The quantitative estimate of drug-likeness (QED) is 0.274. The maximum Gasteiger partial charge on any atom is 0.306 e. The van der Waals surface area contributed by atoms with Gasteiger partial charge in [0.05, 0.1) is 18.9 Å². The van der Waals surface area contributed by atoms with Crippen molar-refractivity contribution in [3.63, 3.8) is 0 Å². The minimum atomic E-state index is -1.16. The highest BCUT2D eigenvalue weighted by Gasteiger charge is 2.13. The molecule has 0 aromatic carbocycles. The number of rotatable bonds is 10. The number of ether oxygens (including phenoxy) is 2. The molecule has 9 heteroatoms. The lowest BCUT2D eigenvalue weighted by molar-refractivity contribution is -0.152. The van der Waals surface area contributed by atoms with Crippen LogP contribution in [0.1, 0.15) is 12.8 Å². The minimum Gasteiger partial charge on any atom is -0.511 e. The van der Waals surface area contributed by atoms with Gasteiger partial charge in [0.15, 0.2) is 0 Å². The zero-order chi connectivity index (χ0) is 15.5. The van der Waals surface area contributed by atoms with Crippen LogP contribution in [0.2, 0.25) is 0 Å². The molecule has 0 heterocycles. The van der Waals surface area contributed by atoms with E-state index in [9.17, 15) is 14.5 Å². The molecule has 4 N–H and O–H groups in total. The first kappa shape index (κ1) is 18.0. The van der Waals surface area contributed by atoms with E-state index < -0.39 is 24.1 Å². The number of nitrogens with two attached hydrogens (primary N) is 1. The third-order valence-corrected chi connectivity index (χ3v) is 2.11. The van der Waals surface area contributed by atoms with E-state index in [1.165, 1.54) is 0 Å². The Bertz CT molecular complexity index is 359. The summed E-state index contributed by atoms with van der Waals surface area (Å²) in [6.45, 7) is 2.19. The topological polar surface area (TPSA) is 149 Å². The number of carbonyl (C=O) groups excluding carboxylic acids is 2. The SMILES string of the molecule is C=C(O)[C@@H](N)COC(=O)CCC(=O)OCC(O)CN=O. The molecule has 9 nitrogen and oxygen atoms in total. The Kier molecular flexibility index (Phi) is 8.88. The van der Waals surface area contributed by atoms with Crippen LogP contribution < -0.4 is 5.73 Å². The van der Waals surface area contributed by atoms with Gasteiger partial charge in [-0.2, -0.15) is 4.91 Å². The van der Waals surface area contributed by atoms with Gasteiger partial charge in [-0.05, 0) is 0 Å². The summed E-state index contributed by atoms with van der Waals surface area (Å²) in [4.78, 5) is 32.2. The van der Waals surface area contributed by atoms with Crippen molar-refractivity contribution < 1.29 is 29.3 Å². The third-order valence-electron chi connectivity index (χ3n) is 2.11. The number of aliphatic hydroxyl groups is 2. The number of hydrogen-bond acceptors (Lipinski definition) is 9. The van der Waals surface area contributed by atoms with Gasteiger partial charge in [0.2, 0.25) is 0 Å². The molecule has 0 aliphatic rings. The molecule has 0 aromatic heterocycles. The highest BCUT2D eigenvalue weighted by molar-refractivity contribution is 5.77. The van der Waals surface area contributed by atoms with Crippen LogP contribution in [-0.4, -0.2) is 54.1 Å². The van der Waals surface area contributed by atoms with E-state index in [4.69, 9.17) is 15.9 Å². The number of nitrogens with zero attached hydrogens (tertiary/aromatic N) is 1. The van der Waals surface area contributed by atoms with Crippen LogP contribution in [0.3, 0.4) is 0 Å². The number of nitroso groups, excluding NO2 is 1. The van der Waals surface area contributed by atoms with Gasteiger partial charge in [-0.25, -0.2) is 0 Å². The zero-order valence-electron chi connectivity index (χ0n) is 10.9. The highest BCUT2D eigenvalue weighted by atomic mass is 16.5. The van der Waals surface area contributed by atoms with Crippen LogP contribution in [0.4, 0.5) is 0 Å². The molecule has 0 saturated carbocycles. The molecule has 0 rings (SSSR count). The largest absolute Gasteiger partial charge is 0.511 e. The summed E-state index contributed by atoms with van der Waals surface area (Å²) < 4.78 is 9.28. The molecule has 20 heavy (non-hydrogen) atoms. The van der Waals surface area contributed by atoms with Crippen molar-refractivity contribution in [3.05, 3.63) is 17.2 Å². The van der Waals surface area contributed by atoms with E-state index in [-0.39, 0.29) is 38.4 Å². The predicted octanol–water partition coefficient (Wildman–Crippen LogP) is -0.621. The lowest BCUT2D eigenvalue weighted by Crippen LogP contribution is -2.29. The molecule has 0 aromatic rings. The fraction of sp³-hybridized carbons (Fsp3) is 0.636. The van der Waals surface area contributed by atoms with Crippen LogP contribution in [0, 0.1) is 4.91 Å². The molecular formula is C11H18N2O7. The van der Waals surface area contributed by atoms with Crippen LogP contribution in [0.15, 0.2) is 17.5 Å². The Morgan fingerprint density at radius 2 is 1.70 bits per heavy atom. The first-order valence-corrected chi connectivity index (χ1v) is 5.78. The second kappa shape index (κ2) is 9.87. The molecule has 1 unspecified atom stereocenters. The normalized spacial score (nSPS) is 13.1. The molecule has 0 aliphatic heterocycles. The molecule has 0 amide bonds. The monoisotopic (exact) mass is 290 g/mol. The standard InChI is InChI=1S/C11H18N2O7/c1-7(14)9(12)6-20-11(17)3-2-10(16)19-5-8(15)4-13-18/h8-9,14-15H,1-6,12H2/t8?,9-/m0/s1.